The molecule has 5 heteroatoms. The van der Waals surface area contributed by atoms with Gasteiger partial charge in [-0.3, -0.25) is 4.79 Å². The van der Waals surface area contributed by atoms with Gasteiger partial charge in [0.1, 0.15) is 6.61 Å². The van der Waals surface area contributed by atoms with E-state index in [-0.39, 0.29) is 12.5 Å². The second-order valence-electron chi connectivity index (χ2n) is 6.75. The van der Waals surface area contributed by atoms with Gasteiger partial charge in [-0.15, -0.1) is 0 Å². The zero-order valence-electron chi connectivity index (χ0n) is 15.1. The Bertz CT molecular complexity index is 565. The Morgan fingerprint density at radius 3 is 2.60 bits per heavy atom. The van der Waals surface area contributed by atoms with Crippen molar-refractivity contribution in [3.63, 3.8) is 0 Å². The van der Waals surface area contributed by atoms with Crippen LogP contribution in [0.5, 0.6) is 0 Å². The Kier molecular flexibility index (Phi) is 7.92. The highest BCUT2D eigenvalue weighted by Gasteiger charge is 2.24. The number of aromatic carboxylic acids is 1. The van der Waals surface area contributed by atoms with Gasteiger partial charge < -0.3 is 14.7 Å². The standard InChI is InChI=1S/C20H29NO4/c1-2-3-6-13-25-15-19(22)21-11-9-16(10-12-21)14-17-7-4-5-8-18(17)20(23)24/h4-5,7-8,16H,2-3,6,9-15H2,1H3,(H,23,24). The summed E-state index contributed by atoms with van der Waals surface area (Å²) < 4.78 is 5.46. The van der Waals surface area contributed by atoms with Crippen LogP contribution < -0.4 is 0 Å². The third-order valence-corrected chi connectivity index (χ3v) is 4.84. The van der Waals surface area contributed by atoms with Gasteiger partial charge in [-0.2, -0.15) is 0 Å². The molecule has 5 nitrogen and oxygen atoms in total. The van der Waals surface area contributed by atoms with Crippen molar-refractivity contribution in [2.24, 2.45) is 5.92 Å². The topological polar surface area (TPSA) is 66.8 Å². The molecule has 1 N–H and O–H groups in total. The Balaban J connectivity index is 1.74. The van der Waals surface area contributed by atoms with Gasteiger partial charge in [-0.25, -0.2) is 4.79 Å². The quantitative estimate of drug-likeness (QED) is 0.696. The molecule has 0 aliphatic carbocycles. The fourth-order valence-corrected chi connectivity index (χ4v) is 3.31. The van der Waals surface area contributed by atoms with Gasteiger partial charge in [0.25, 0.3) is 0 Å². The van der Waals surface area contributed by atoms with E-state index in [2.05, 4.69) is 6.92 Å². The van der Waals surface area contributed by atoms with Crippen molar-refractivity contribution in [1.29, 1.82) is 0 Å². The maximum atomic E-state index is 12.2. The summed E-state index contributed by atoms with van der Waals surface area (Å²) in [5.41, 5.74) is 1.28. The lowest BCUT2D eigenvalue weighted by Crippen LogP contribution is -2.40. The molecule has 0 saturated carbocycles. The summed E-state index contributed by atoms with van der Waals surface area (Å²) in [6.45, 7) is 4.44. The first-order valence-electron chi connectivity index (χ1n) is 9.28. The van der Waals surface area contributed by atoms with Crippen molar-refractivity contribution in [3.05, 3.63) is 35.4 Å². The van der Waals surface area contributed by atoms with Crippen molar-refractivity contribution < 1.29 is 19.4 Å². The first-order chi connectivity index (χ1) is 12.1. The van der Waals surface area contributed by atoms with Gasteiger partial charge >= 0.3 is 5.97 Å². The van der Waals surface area contributed by atoms with Crippen molar-refractivity contribution in [2.45, 2.75) is 45.4 Å². The van der Waals surface area contributed by atoms with Crippen molar-refractivity contribution in [2.75, 3.05) is 26.3 Å². The molecule has 1 aliphatic rings. The minimum Gasteiger partial charge on any atom is -0.478 e. The van der Waals surface area contributed by atoms with Gasteiger partial charge in [0, 0.05) is 19.7 Å². The van der Waals surface area contributed by atoms with Crippen LogP contribution in [0.3, 0.4) is 0 Å². The number of carbonyl (C=O) groups is 2. The molecule has 1 aromatic rings. The first-order valence-corrected chi connectivity index (χ1v) is 9.28. The minimum atomic E-state index is -0.872. The molecule has 0 aromatic heterocycles. The Morgan fingerprint density at radius 2 is 1.92 bits per heavy atom. The molecular weight excluding hydrogens is 318 g/mol. The summed E-state index contributed by atoms with van der Waals surface area (Å²) in [7, 11) is 0. The molecule has 0 spiro atoms. The Hall–Kier alpha value is -1.88. The molecule has 1 fully saturated rings. The summed E-state index contributed by atoms with van der Waals surface area (Å²) in [5.74, 6) is -0.376. The number of carboxylic acids is 1. The van der Waals surface area contributed by atoms with Crippen LogP contribution in [-0.2, 0) is 16.0 Å². The summed E-state index contributed by atoms with van der Waals surface area (Å²) in [5, 5.41) is 9.28. The molecule has 1 saturated heterocycles. The van der Waals surface area contributed by atoms with Crippen LogP contribution in [0.2, 0.25) is 0 Å². The number of likely N-dealkylation sites (tertiary alicyclic amines) is 1. The highest BCUT2D eigenvalue weighted by Crippen LogP contribution is 2.23. The summed E-state index contributed by atoms with van der Waals surface area (Å²) in [6.07, 6.45) is 5.88. The van der Waals surface area contributed by atoms with Gasteiger partial charge in [-0.05, 0) is 43.2 Å². The fourth-order valence-electron chi connectivity index (χ4n) is 3.31. The smallest absolute Gasteiger partial charge is 0.335 e. The number of carbonyl (C=O) groups excluding carboxylic acids is 1. The molecule has 0 radical (unpaired) electrons. The second-order valence-corrected chi connectivity index (χ2v) is 6.75. The number of amides is 1. The molecule has 0 unspecified atom stereocenters. The van der Waals surface area contributed by atoms with Crippen molar-refractivity contribution in [3.8, 4) is 0 Å². The predicted octanol–water partition coefficient (Wildman–Crippen LogP) is 3.37. The lowest BCUT2D eigenvalue weighted by molar-refractivity contribution is -0.137. The second kappa shape index (κ2) is 10.2. The molecule has 0 atom stereocenters. The molecule has 25 heavy (non-hydrogen) atoms. The van der Waals surface area contributed by atoms with Gasteiger partial charge in [0.2, 0.25) is 5.91 Å². The van der Waals surface area contributed by atoms with E-state index in [4.69, 9.17) is 4.74 Å². The summed E-state index contributed by atoms with van der Waals surface area (Å²) in [6, 6.07) is 7.20. The monoisotopic (exact) mass is 347 g/mol. The van der Waals surface area contributed by atoms with Crippen LogP contribution in [0.1, 0.15) is 54.9 Å². The van der Waals surface area contributed by atoms with E-state index in [1.54, 1.807) is 12.1 Å². The molecule has 138 valence electrons. The van der Waals surface area contributed by atoms with Gasteiger partial charge in [0.15, 0.2) is 0 Å². The normalized spacial score (nSPS) is 15.3. The van der Waals surface area contributed by atoms with Crippen LogP contribution in [0.15, 0.2) is 24.3 Å². The lowest BCUT2D eigenvalue weighted by atomic mass is 9.88. The maximum absolute atomic E-state index is 12.2. The third kappa shape index (κ3) is 6.16. The predicted molar refractivity (Wildman–Crippen MR) is 96.8 cm³/mol. The Morgan fingerprint density at radius 1 is 1.20 bits per heavy atom. The van der Waals surface area contributed by atoms with E-state index in [1.807, 2.05) is 17.0 Å². The molecule has 1 aliphatic heterocycles. The zero-order chi connectivity index (χ0) is 18.1. The molecule has 1 heterocycles. The summed E-state index contributed by atoms with van der Waals surface area (Å²) in [4.78, 5) is 25.3. The van der Waals surface area contributed by atoms with Crippen molar-refractivity contribution in [1.82, 2.24) is 4.90 Å². The number of benzene rings is 1. The number of hydrogen-bond donors (Lipinski definition) is 1. The van der Waals surface area contributed by atoms with E-state index in [1.165, 1.54) is 0 Å². The number of carboxylic acid groups (broad SMARTS) is 1. The van der Waals surface area contributed by atoms with Crippen molar-refractivity contribution >= 4 is 11.9 Å². The SMILES string of the molecule is CCCCCOCC(=O)N1CCC(Cc2ccccc2C(=O)O)CC1. The van der Waals surface area contributed by atoms with Crippen LogP contribution in [0, 0.1) is 5.92 Å². The molecule has 0 bridgehead atoms. The van der Waals surface area contributed by atoms with E-state index >= 15 is 0 Å². The first kappa shape index (κ1) is 19.4. The number of hydrogen-bond acceptors (Lipinski definition) is 3. The fraction of sp³-hybridized carbons (Fsp3) is 0.600. The minimum absolute atomic E-state index is 0.0703. The van der Waals surface area contributed by atoms with E-state index < -0.39 is 5.97 Å². The Labute approximate surface area is 150 Å². The highest BCUT2D eigenvalue weighted by molar-refractivity contribution is 5.89. The number of rotatable bonds is 9. The third-order valence-electron chi connectivity index (χ3n) is 4.84. The van der Waals surface area contributed by atoms with Gasteiger partial charge in [0.05, 0.1) is 5.56 Å². The largest absolute Gasteiger partial charge is 0.478 e. The number of ether oxygens (including phenoxy) is 1. The highest BCUT2D eigenvalue weighted by atomic mass is 16.5. The van der Waals surface area contributed by atoms with E-state index in [0.717, 1.165) is 57.2 Å². The number of unbranched alkanes of at least 4 members (excludes halogenated alkanes) is 2. The van der Waals surface area contributed by atoms with Crippen LogP contribution in [0.4, 0.5) is 0 Å². The maximum Gasteiger partial charge on any atom is 0.335 e. The van der Waals surface area contributed by atoms with Crippen LogP contribution in [-0.4, -0.2) is 48.2 Å². The number of nitrogens with zero attached hydrogens (tertiary/aromatic N) is 1. The molecule has 1 amide bonds. The molecule has 1 aromatic carbocycles. The van der Waals surface area contributed by atoms with E-state index in [9.17, 15) is 14.7 Å². The number of piperidine rings is 1. The lowest BCUT2D eigenvalue weighted by Gasteiger charge is -2.32. The average Bonchev–Trinajstić information content (AvgIpc) is 2.62. The molecule has 2 rings (SSSR count). The van der Waals surface area contributed by atoms with Gasteiger partial charge in [-0.1, -0.05) is 38.0 Å². The van der Waals surface area contributed by atoms with Crippen LogP contribution >= 0.6 is 0 Å². The average molecular weight is 347 g/mol. The summed E-state index contributed by atoms with van der Waals surface area (Å²) >= 11 is 0. The molecular formula is C20H29NO4. The van der Waals surface area contributed by atoms with E-state index in [0.29, 0.717) is 18.1 Å². The zero-order valence-corrected chi connectivity index (χ0v) is 15.1. The van der Waals surface area contributed by atoms with Crippen LogP contribution in [0.25, 0.3) is 0 Å².